The first-order chi connectivity index (χ1) is 11.1. The number of nitrogens with zero attached hydrogens (tertiary/aromatic N) is 2. The van der Waals surface area contributed by atoms with E-state index in [0.29, 0.717) is 29.1 Å². The molecule has 23 heavy (non-hydrogen) atoms. The quantitative estimate of drug-likeness (QED) is 0.722. The van der Waals surface area contributed by atoms with Gasteiger partial charge < -0.3 is 15.0 Å². The second-order valence-corrected chi connectivity index (χ2v) is 6.09. The molecule has 4 nitrogen and oxygen atoms in total. The summed E-state index contributed by atoms with van der Waals surface area (Å²) in [6.45, 7) is 3.27. The van der Waals surface area contributed by atoms with Crippen LogP contribution in [0.3, 0.4) is 0 Å². The molecule has 0 amide bonds. The highest BCUT2D eigenvalue weighted by molar-refractivity contribution is 6.42. The van der Waals surface area contributed by atoms with Gasteiger partial charge in [0.15, 0.2) is 0 Å². The molecule has 0 spiro atoms. The van der Waals surface area contributed by atoms with E-state index in [2.05, 4.69) is 11.9 Å². The fourth-order valence-corrected chi connectivity index (χ4v) is 2.80. The molecule has 1 aromatic heterocycles. The molecule has 3 rings (SSSR count). The number of hydrogen-bond donors (Lipinski definition) is 1. The Kier molecular flexibility index (Phi) is 4.64. The van der Waals surface area contributed by atoms with E-state index in [9.17, 15) is 0 Å². The van der Waals surface area contributed by atoms with E-state index >= 15 is 0 Å². The second-order valence-electron chi connectivity index (χ2n) is 5.28. The number of aromatic nitrogens is 2. The van der Waals surface area contributed by atoms with Crippen LogP contribution in [-0.2, 0) is 6.54 Å². The van der Waals surface area contributed by atoms with E-state index in [1.807, 2.05) is 34.9 Å². The standard InChI is InChI=1S/C17H17Cl2N3O/c1-2-8-23-15-5-3-4-14-16(15)22(17(20)21-14)10-11-6-7-12(18)13(19)9-11/h3-7,9H,2,8,10H2,1H3,(H2,20,21). The monoisotopic (exact) mass is 349 g/mol. The molecule has 2 N–H and O–H groups in total. The van der Waals surface area contributed by atoms with Gasteiger partial charge in [-0.25, -0.2) is 4.98 Å². The molecule has 0 fully saturated rings. The van der Waals surface area contributed by atoms with Crippen LogP contribution in [0.5, 0.6) is 5.75 Å². The van der Waals surface area contributed by atoms with Crippen LogP contribution in [0.15, 0.2) is 36.4 Å². The summed E-state index contributed by atoms with van der Waals surface area (Å²) in [4.78, 5) is 4.42. The number of para-hydroxylation sites is 1. The van der Waals surface area contributed by atoms with Crippen LogP contribution in [0.2, 0.25) is 10.0 Å². The van der Waals surface area contributed by atoms with Gasteiger partial charge in [0.1, 0.15) is 11.3 Å². The highest BCUT2D eigenvalue weighted by Crippen LogP contribution is 2.30. The lowest BCUT2D eigenvalue weighted by atomic mass is 10.2. The van der Waals surface area contributed by atoms with Crippen molar-refractivity contribution >= 4 is 40.2 Å². The predicted molar refractivity (Wildman–Crippen MR) is 95.5 cm³/mol. The van der Waals surface area contributed by atoms with E-state index < -0.39 is 0 Å². The maximum Gasteiger partial charge on any atom is 0.201 e. The van der Waals surface area contributed by atoms with E-state index in [4.69, 9.17) is 33.7 Å². The third-order valence-corrected chi connectivity index (χ3v) is 4.28. The summed E-state index contributed by atoms with van der Waals surface area (Å²) in [5.74, 6) is 1.23. The third-order valence-electron chi connectivity index (χ3n) is 3.55. The highest BCUT2D eigenvalue weighted by atomic mass is 35.5. The third kappa shape index (κ3) is 3.23. The molecule has 0 aliphatic rings. The highest BCUT2D eigenvalue weighted by Gasteiger charge is 2.14. The van der Waals surface area contributed by atoms with Gasteiger partial charge in [-0.05, 0) is 36.2 Å². The molecule has 0 atom stereocenters. The average Bonchev–Trinajstić information content (AvgIpc) is 2.85. The molecule has 0 bridgehead atoms. The minimum atomic E-state index is 0.443. The summed E-state index contributed by atoms with van der Waals surface area (Å²) >= 11 is 12.1. The Bertz CT molecular complexity index is 845. The minimum Gasteiger partial charge on any atom is -0.491 e. The van der Waals surface area contributed by atoms with Crippen molar-refractivity contribution < 1.29 is 4.74 Å². The Morgan fingerprint density at radius 3 is 2.74 bits per heavy atom. The number of halogens is 2. The summed E-state index contributed by atoms with van der Waals surface area (Å²) in [7, 11) is 0. The molecule has 3 aromatic rings. The molecule has 0 aliphatic heterocycles. The average molecular weight is 350 g/mol. The Balaban J connectivity index is 2.05. The number of fused-ring (bicyclic) bond motifs is 1. The number of ether oxygens (including phenoxy) is 1. The molecule has 1 heterocycles. The van der Waals surface area contributed by atoms with Crippen molar-refractivity contribution in [1.82, 2.24) is 9.55 Å². The van der Waals surface area contributed by atoms with Gasteiger partial charge in [-0.3, -0.25) is 0 Å². The fourth-order valence-electron chi connectivity index (χ4n) is 2.48. The molecular formula is C17H17Cl2N3O. The first kappa shape index (κ1) is 16.0. The Morgan fingerprint density at radius 1 is 1.17 bits per heavy atom. The van der Waals surface area contributed by atoms with Crippen molar-refractivity contribution in [1.29, 1.82) is 0 Å². The number of nitrogens with two attached hydrogens (primary N) is 1. The fraction of sp³-hybridized carbons (Fsp3) is 0.235. The van der Waals surface area contributed by atoms with Gasteiger partial charge in [-0.2, -0.15) is 0 Å². The molecular weight excluding hydrogens is 333 g/mol. The maximum absolute atomic E-state index is 6.10. The number of nitrogen functional groups attached to an aromatic ring is 1. The summed E-state index contributed by atoms with van der Waals surface area (Å²) in [6, 6.07) is 11.3. The molecule has 2 aromatic carbocycles. The summed E-state index contributed by atoms with van der Waals surface area (Å²) in [5, 5.41) is 1.06. The van der Waals surface area contributed by atoms with Crippen LogP contribution in [0.4, 0.5) is 5.95 Å². The predicted octanol–water partition coefficient (Wildman–Crippen LogP) is 4.76. The number of benzene rings is 2. The number of anilines is 1. The topological polar surface area (TPSA) is 53.1 Å². The number of rotatable bonds is 5. The Morgan fingerprint density at radius 2 is 2.00 bits per heavy atom. The maximum atomic E-state index is 6.10. The van der Waals surface area contributed by atoms with E-state index in [-0.39, 0.29) is 0 Å². The van der Waals surface area contributed by atoms with Gasteiger partial charge in [-0.1, -0.05) is 42.3 Å². The summed E-state index contributed by atoms with van der Waals surface area (Å²) < 4.78 is 7.77. The molecule has 0 unspecified atom stereocenters. The Labute approximate surface area is 144 Å². The van der Waals surface area contributed by atoms with Gasteiger partial charge in [0.25, 0.3) is 0 Å². The van der Waals surface area contributed by atoms with Crippen molar-refractivity contribution in [3.63, 3.8) is 0 Å². The SMILES string of the molecule is CCCOc1cccc2nc(N)n(Cc3ccc(Cl)c(Cl)c3)c12. The first-order valence-corrected chi connectivity index (χ1v) is 8.17. The van der Waals surface area contributed by atoms with Crippen molar-refractivity contribution in [2.75, 3.05) is 12.3 Å². The van der Waals surface area contributed by atoms with Crippen molar-refractivity contribution in [2.45, 2.75) is 19.9 Å². The lowest BCUT2D eigenvalue weighted by molar-refractivity contribution is 0.320. The van der Waals surface area contributed by atoms with Crippen molar-refractivity contribution in [2.24, 2.45) is 0 Å². The number of imidazole rings is 1. The zero-order valence-corrected chi connectivity index (χ0v) is 14.2. The molecule has 120 valence electrons. The first-order valence-electron chi connectivity index (χ1n) is 7.41. The molecule has 0 saturated heterocycles. The van der Waals surface area contributed by atoms with Crippen LogP contribution in [-0.4, -0.2) is 16.2 Å². The largest absolute Gasteiger partial charge is 0.491 e. The van der Waals surface area contributed by atoms with Crippen molar-refractivity contribution in [3.05, 3.63) is 52.0 Å². The molecule has 0 radical (unpaired) electrons. The normalized spacial score (nSPS) is 11.1. The van der Waals surface area contributed by atoms with Crippen LogP contribution in [0.25, 0.3) is 11.0 Å². The van der Waals surface area contributed by atoms with Crippen molar-refractivity contribution in [3.8, 4) is 5.75 Å². The van der Waals surface area contributed by atoms with E-state index in [1.54, 1.807) is 6.07 Å². The zero-order chi connectivity index (χ0) is 16.4. The van der Waals surface area contributed by atoms with Gasteiger partial charge in [-0.15, -0.1) is 0 Å². The van der Waals surface area contributed by atoms with Crippen LogP contribution in [0.1, 0.15) is 18.9 Å². The van der Waals surface area contributed by atoms with Gasteiger partial charge in [0.2, 0.25) is 5.95 Å². The molecule has 0 aliphatic carbocycles. The molecule has 6 heteroatoms. The number of hydrogen-bond acceptors (Lipinski definition) is 3. The van der Waals surface area contributed by atoms with Crippen LogP contribution >= 0.6 is 23.2 Å². The second kappa shape index (κ2) is 6.69. The van der Waals surface area contributed by atoms with Gasteiger partial charge in [0.05, 0.1) is 28.7 Å². The van der Waals surface area contributed by atoms with Crippen LogP contribution in [0, 0.1) is 0 Å². The van der Waals surface area contributed by atoms with E-state index in [1.165, 1.54) is 0 Å². The lowest BCUT2D eigenvalue weighted by Crippen LogP contribution is -2.06. The lowest BCUT2D eigenvalue weighted by Gasteiger charge is -2.11. The smallest absolute Gasteiger partial charge is 0.201 e. The van der Waals surface area contributed by atoms with E-state index in [0.717, 1.165) is 28.8 Å². The summed E-state index contributed by atoms with van der Waals surface area (Å²) in [5.41, 5.74) is 8.81. The zero-order valence-electron chi connectivity index (χ0n) is 12.7. The van der Waals surface area contributed by atoms with Crippen LogP contribution < -0.4 is 10.5 Å². The molecule has 0 saturated carbocycles. The minimum absolute atomic E-state index is 0.443. The van der Waals surface area contributed by atoms with Gasteiger partial charge >= 0.3 is 0 Å². The van der Waals surface area contributed by atoms with Gasteiger partial charge in [0, 0.05) is 0 Å². The summed E-state index contributed by atoms with van der Waals surface area (Å²) in [6.07, 6.45) is 0.937. The Hall–Kier alpha value is -1.91.